The van der Waals surface area contributed by atoms with Gasteiger partial charge in [0.2, 0.25) is 0 Å². The highest BCUT2D eigenvalue weighted by Gasteiger charge is 2.42. The van der Waals surface area contributed by atoms with Crippen molar-refractivity contribution in [1.29, 1.82) is 0 Å². The first-order valence-electron chi connectivity index (χ1n) is 13.5. The van der Waals surface area contributed by atoms with E-state index in [0.717, 1.165) is 45.4 Å². The van der Waals surface area contributed by atoms with Gasteiger partial charge in [-0.15, -0.1) is 0 Å². The van der Waals surface area contributed by atoms with Crippen LogP contribution >= 0.6 is 11.8 Å². The molecule has 3 atom stereocenters. The number of benzene rings is 3. The summed E-state index contributed by atoms with van der Waals surface area (Å²) in [5.74, 6) is 2.85. The van der Waals surface area contributed by atoms with Gasteiger partial charge in [-0.3, -0.25) is 4.79 Å². The van der Waals surface area contributed by atoms with E-state index in [-0.39, 0.29) is 17.4 Å². The Morgan fingerprint density at radius 2 is 1.69 bits per heavy atom. The van der Waals surface area contributed by atoms with Crippen LogP contribution < -0.4 is 19.5 Å². The molecule has 1 aliphatic carbocycles. The van der Waals surface area contributed by atoms with E-state index in [1.807, 2.05) is 66.7 Å². The zero-order valence-corrected chi connectivity index (χ0v) is 23.6. The first kappa shape index (κ1) is 27.0. The molecule has 2 aliphatic rings. The minimum atomic E-state index is -0.128. The monoisotopic (exact) mass is 544 g/mol. The molecule has 0 radical (unpaired) electrons. The number of ether oxygens (including phenoxy) is 3. The van der Waals surface area contributed by atoms with E-state index in [0.29, 0.717) is 12.5 Å². The van der Waals surface area contributed by atoms with Crippen LogP contribution in [0.3, 0.4) is 0 Å². The van der Waals surface area contributed by atoms with Gasteiger partial charge < -0.3 is 24.4 Å². The van der Waals surface area contributed by atoms with Crippen LogP contribution in [-0.4, -0.2) is 36.6 Å². The quantitative estimate of drug-likeness (QED) is 0.288. The molecule has 1 heterocycles. The predicted molar refractivity (Wildman–Crippen MR) is 158 cm³/mol. The fraction of sp³-hybridized carbons (Fsp3) is 0.344. The van der Waals surface area contributed by atoms with Crippen molar-refractivity contribution in [2.45, 2.75) is 50.8 Å². The first-order valence-corrected chi connectivity index (χ1v) is 14.4. The summed E-state index contributed by atoms with van der Waals surface area (Å²) in [6.45, 7) is 2.64. The zero-order valence-electron chi connectivity index (χ0n) is 22.8. The maximum atomic E-state index is 13.7. The van der Waals surface area contributed by atoms with E-state index >= 15 is 0 Å². The minimum absolute atomic E-state index is 0.109. The van der Waals surface area contributed by atoms with Crippen molar-refractivity contribution in [2.75, 3.05) is 19.5 Å². The molecule has 0 bridgehead atoms. The highest BCUT2D eigenvalue weighted by Crippen LogP contribution is 2.42. The Balaban J connectivity index is 1.31. The third kappa shape index (κ3) is 6.36. The number of nitrogens with one attached hydrogen (secondary N) is 1. The molecule has 1 amide bonds. The molecule has 0 aromatic heterocycles. The lowest BCUT2D eigenvalue weighted by Gasteiger charge is -2.39. The smallest absolute Gasteiger partial charge is 0.262 e. The molecule has 1 N–H and O–H groups in total. The first-order chi connectivity index (χ1) is 19.1. The fourth-order valence-corrected chi connectivity index (χ4v) is 6.55. The molecule has 1 unspecified atom stereocenters. The van der Waals surface area contributed by atoms with Crippen molar-refractivity contribution in [2.24, 2.45) is 5.92 Å². The van der Waals surface area contributed by atoms with Gasteiger partial charge >= 0.3 is 0 Å². The number of carbonyl (C=O) groups is 1. The van der Waals surface area contributed by atoms with Gasteiger partial charge in [0.25, 0.3) is 5.91 Å². The van der Waals surface area contributed by atoms with Crippen LogP contribution in [0.2, 0.25) is 0 Å². The Morgan fingerprint density at radius 1 is 0.949 bits per heavy atom. The molecule has 1 aliphatic heterocycles. The average Bonchev–Trinajstić information content (AvgIpc) is 3.26. The van der Waals surface area contributed by atoms with Gasteiger partial charge in [-0.2, -0.15) is 0 Å². The molecule has 2 fully saturated rings. The lowest BCUT2D eigenvalue weighted by molar-refractivity contribution is -0.129. The van der Waals surface area contributed by atoms with Crippen molar-refractivity contribution >= 4 is 29.4 Å². The summed E-state index contributed by atoms with van der Waals surface area (Å²) in [6.07, 6.45) is 6.63. The van der Waals surface area contributed by atoms with E-state index < -0.39 is 0 Å². The topological polar surface area (TPSA) is 60.0 Å². The van der Waals surface area contributed by atoms with Crippen LogP contribution in [0.1, 0.15) is 43.7 Å². The van der Waals surface area contributed by atoms with Crippen molar-refractivity contribution in [3.63, 3.8) is 0 Å². The normalized spacial score (nSPS) is 22.1. The molecule has 6 nitrogen and oxygen atoms in total. The van der Waals surface area contributed by atoms with E-state index in [2.05, 4.69) is 29.3 Å². The van der Waals surface area contributed by atoms with E-state index in [9.17, 15) is 4.79 Å². The highest BCUT2D eigenvalue weighted by molar-refractivity contribution is 8.05. The molecule has 0 spiro atoms. The average molecular weight is 545 g/mol. The van der Waals surface area contributed by atoms with E-state index in [1.54, 1.807) is 26.0 Å². The Bertz CT molecular complexity index is 1300. The number of thioether (sulfide) groups is 1. The number of carbonyl (C=O) groups excluding carboxylic acids is 1. The van der Waals surface area contributed by atoms with E-state index in [4.69, 9.17) is 14.2 Å². The minimum Gasteiger partial charge on any atom is -0.497 e. The van der Waals surface area contributed by atoms with Gasteiger partial charge in [0.15, 0.2) is 5.50 Å². The number of para-hydroxylation sites is 1. The molecule has 5 rings (SSSR count). The number of anilines is 1. The molecule has 1 saturated carbocycles. The number of hydrogen-bond donors (Lipinski definition) is 1. The number of methoxy groups -OCH3 is 2. The summed E-state index contributed by atoms with van der Waals surface area (Å²) in [5.41, 5.74) is 2.77. The maximum absolute atomic E-state index is 13.7. The second-order valence-electron chi connectivity index (χ2n) is 10.1. The molecule has 204 valence electrons. The summed E-state index contributed by atoms with van der Waals surface area (Å²) >= 11 is 1.60. The summed E-state index contributed by atoms with van der Waals surface area (Å²) in [7, 11) is 3.29. The SMILES string of the molecule is COc1ccc(OC)c(COc2ccc(/C=C3\SC(Nc4ccccc4)N([C@@H]4CCCC[C@H]4C)C3=O)cc2)c1. The predicted octanol–water partition coefficient (Wildman–Crippen LogP) is 7.17. The summed E-state index contributed by atoms with van der Waals surface area (Å²) in [5, 5.41) is 3.60. The molecule has 39 heavy (non-hydrogen) atoms. The second-order valence-corrected chi connectivity index (χ2v) is 11.2. The van der Waals surface area contributed by atoms with Crippen LogP contribution in [-0.2, 0) is 11.4 Å². The lowest BCUT2D eigenvalue weighted by atomic mass is 9.85. The largest absolute Gasteiger partial charge is 0.497 e. The van der Waals surface area contributed by atoms with Gasteiger partial charge in [0, 0.05) is 17.3 Å². The third-order valence-corrected chi connectivity index (χ3v) is 8.60. The van der Waals surface area contributed by atoms with Crippen LogP contribution in [0, 0.1) is 5.92 Å². The summed E-state index contributed by atoms with van der Waals surface area (Å²) in [4.78, 5) is 16.6. The maximum Gasteiger partial charge on any atom is 0.262 e. The van der Waals surface area contributed by atoms with Gasteiger partial charge in [0.05, 0.1) is 19.1 Å². The highest BCUT2D eigenvalue weighted by atomic mass is 32.2. The number of amides is 1. The van der Waals surface area contributed by atoms with Crippen LogP contribution in [0.15, 0.2) is 77.7 Å². The zero-order chi connectivity index (χ0) is 27.2. The Labute approximate surface area is 235 Å². The van der Waals surface area contributed by atoms with E-state index in [1.165, 1.54) is 19.3 Å². The Hall–Kier alpha value is -3.58. The van der Waals surface area contributed by atoms with Crippen molar-refractivity contribution in [3.8, 4) is 17.2 Å². The molecule has 3 aromatic carbocycles. The molecule has 1 saturated heterocycles. The van der Waals surface area contributed by atoms with Crippen LogP contribution in [0.4, 0.5) is 5.69 Å². The van der Waals surface area contributed by atoms with Crippen LogP contribution in [0.25, 0.3) is 6.08 Å². The summed E-state index contributed by atoms with van der Waals surface area (Å²) < 4.78 is 16.8. The van der Waals surface area contributed by atoms with Gasteiger partial charge in [-0.1, -0.05) is 61.9 Å². The van der Waals surface area contributed by atoms with Crippen molar-refractivity contribution in [3.05, 3.63) is 88.8 Å². The molecular weight excluding hydrogens is 508 g/mol. The van der Waals surface area contributed by atoms with Crippen molar-refractivity contribution < 1.29 is 19.0 Å². The number of rotatable bonds is 9. The van der Waals surface area contributed by atoms with Gasteiger partial charge in [-0.05, 0) is 72.9 Å². The van der Waals surface area contributed by atoms with Crippen molar-refractivity contribution in [1.82, 2.24) is 4.90 Å². The molecular formula is C32H36N2O4S. The fourth-order valence-electron chi connectivity index (χ4n) is 5.33. The lowest BCUT2D eigenvalue weighted by Crippen LogP contribution is -2.48. The van der Waals surface area contributed by atoms with Gasteiger partial charge in [-0.25, -0.2) is 0 Å². The second kappa shape index (κ2) is 12.5. The third-order valence-electron chi connectivity index (χ3n) is 7.48. The number of hydrogen-bond acceptors (Lipinski definition) is 6. The van der Waals surface area contributed by atoms with Gasteiger partial charge in [0.1, 0.15) is 23.9 Å². The standard InChI is InChI=1S/C32H36N2O4S/c1-22-9-7-8-12-28(22)34-31(35)30(39-32(34)33-25-10-5-4-6-11-25)19-23-13-15-26(16-14-23)38-21-24-20-27(36-2)17-18-29(24)37-3/h4-6,10-11,13-20,22,28,32-33H,7-9,12,21H2,1-3H3/b30-19-/t22-,28-,32?/m1/s1. The molecule has 3 aromatic rings. The van der Waals surface area contributed by atoms with Crippen LogP contribution in [0.5, 0.6) is 17.2 Å². The Kier molecular flexibility index (Phi) is 8.67. The Morgan fingerprint density at radius 3 is 2.41 bits per heavy atom. The molecule has 7 heteroatoms. The number of nitrogens with zero attached hydrogens (tertiary/aromatic N) is 1. The summed E-state index contributed by atoms with van der Waals surface area (Å²) in [6, 6.07) is 23.9.